The standard InChI is InChI=1S/C14H14IN5/c1-2-16-14-9(15)8-17-12(20-14)7-13-18-10-5-3-4-6-11(10)19-13/h3-6,8H,2,7H2,1H3,(H,18,19)(H,16,17,20). The van der Waals surface area contributed by atoms with Gasteiger partial charge in [0.05, 0.1) is 21.0 Å². The quantitative estimate of drug-likeness (QED) is 0.684. The summed E-state index contributed by atoms with van der Waals surface area (Å²) in [5, 5.41) is 3.24. The Balaban J connectivity index is 1.88. The van der Waals surface area contributed by atoms with Crippen molar-refractivity contribution in [3.8, 4) is 0 Å². The van der Waals surface area contributed by atoms with Crippen LogP contribution in [0.3, 0.4) is 0 Å². The molecule has 0 aliphatic carbocycles. The third kappa shape index (κ3) is 2.74. The zero-order valence-corrected chi connectivity index (χ0v) is 13.2. The molecule has 3 rings (SSSR count). The summed E-state index contributed by atoms with van der Waals surface area (Å²) in [5.74, 6) is 2.53. The summed E-state index contributed by atoms with van der Waals surface area (Å²) in [6.45, 7) is 2.90. The highest BCUT2D eigenvalue weighted by Gasteiger charge is 2.08. The van der Waals surface area contributed by atoms with E-state index in [0.717, 1.165) is 38.6 Å². The average molecular weight is 379 g/mol. The number of rotatable bonds is 4. The highest BCUT2D eigenvalue weighted by atomic mass is 127. The third-order valence-corrected chi connectivity index (χ3v) is 3.69. The highest BCUT2D eigenvalue weighted by molar-refractivity contribution is 14.1. The van der Waals surface area contributed by atoms with E-state index in [1.54, 1.807) is 0 Å². The van der Waals surface area contributed by atoms with Gasteiger partial charge >= 0.3 is 0 Å². The van der Waals surface area contributed by atoms with Crippen LogP contribution in [0.5, 0.6) is 0 Å². The molecule has 6 heteroatoms. The van der Waals surface area contributed by atoms with Crippen molar-refractivity contribution in [1.29, 1.82) is 0 Å². The van der Waals surface area contributed by atoms with E-state index in [2.05, 4.69) is 54.8 Å². The monoisotopic (exact) mass is 379 g/mol. The van der Waals surface area contributed by atoms with Gasteiger partial charge < -0.3 is 10.3 Å². The van der Waals surface area contributed by atoms with Crippen LogP contribution in [0.15, 0.2) is 30.5 Å². The Kier molecular flexibility index (Phi) is 3.81. The van der Waals surface area contributed by atoms with Crippen molar-refractivity contribution in [2.75, 3.05) is 11.9 Å². The Morgan fingerprint density at radius 1 is 1.25 bits per heavy atom. The first-order valence-electron chi connectivity index (χ1n) is 6.45. The maximum Gasteiger partial charge on any atom is 0.143 e. The number of fused-ring (bicyclic) bond motifs is 1. The van der Waals surface area contributed by atoms with Gasteiger partial charge in [0.15, 0.2) is 0 Å². The van der Waals surface area contributed by atoms with Crippen LogP contribution >= 0.6 is 22.6 Å². The summed E-state index contributed by atoms with van der Waals surface area (Å²) >= 11 is 2.23. The molecule has 0 aliphatic rings. The zero-order chi connectivity index (χ0) is 13.9. The molecule has 5 nitrogen and oxygen atoms in total. The summed E-state index contributed by atoms with van der Waals surface area (Å²) in [4.78, 5) is 16.8. The Morgan fingerprint density at radius 3 is 2.90 bits per heavy atom. The molecule has 0 aliphatic heterocycles. The van der Waals surface area contributed by atoms with Crippen molar-refractivity contribution in [1.82, 2.24) is 19.9 Å². The van der Waals surface area contributed by atoms with Crippen molar-refractivity contribution < 1.29 is 0 Å². The number of aromatic amines is 1. The van der Waals surface area contributed by atoms with Crippen LogP contribution in [0.1, 0.15) is 18.6 Å². The number of para-hydroxylation sites is 2. The Labute approximate surface area is 130 Å². The van der Waals surface area contributed by atoms with Crippen LogP contribution in [-0.2, 0) is 6.42 Å². The van der Waals surface area contributed by atoms with Gasteiger partial charge in [-0.05, 0) is 41.6 Å². The number of hydrogen-bond donors (Lipinski definition) is 2. The number of imidazole rings is 1. The molecule has 2 N–H and O–H groups in total. The molecular formula is C14H14IN5. The van der Waals surface area contributed by atoms with E-state index in [-0.39, 0.29) is 0 Å². The van der Waals surface area contributed by atoms with Gasteiger partial charge in [-0.3, -0.25) is 0 Å². The number of aromatic nitrogens is 4. The fourth-order valence-corrected chi connectivity index (χ4v) is 2.47. The van der Waals surface area contributed by atoms with E-state index in [9.17, 15) is 0 Å². The molecule has 3 aromatic rings. The first kappa shape index (κ1) is 13.3. The molecule has 0 saturated carbocycles. The van der Waals surface area contributed by atoms with Gasteiger partial charge in [-0.15, -0.1) is 0 Å². The lowest BCUT2D eigenvalue weighted by atomic mass is 10.3. The van der Waals surface area contributed by atoms with Crippen LogP contribution in [0, 0.1) is 3.57 Å². The molecule has 0 fully saturated rings. The maximum atomic E-state index is 4.55. The minimum Gasteiger partial charge on any atom is -0.369 e. The van der Waals surface area contributed by atoms with Crippen LogP contribution < -0.4 is 5.32 Å². The van der Waals surface area contributed by atoms with Crippen molar-refractivity contribution in [2.45, 2.75) is 13.3 Å². The van der Waals surface area contributed by atoms with Crippen LogP contribution in [0.25, 0.3) is 11.0 Å². The lowest BCUT2D eigenvalue weighted by Crippen LogP contribution is -2.06. The molecule has 0 atom stereocenters. The molecule has 2 aromatic heterocycles. The van der Waals surface area contributed by atoms with E-state index < -0.39 is 0 Å². The van der Waals surface area contributed by atoms with E-state index >= 15 is 0 Å². The number of H-pyrrole nitrogens is 1. The second kappa shape index (κ2) is 5.74. The van der Waals surface area contributed by atoms with Gasteiger partial charge in [0.1, 0.15) is 17.5 Å². The van der Waals surface area contributed by atoms with E-state index in [1.807, 2.05) is 30.5 Å². The lowest BCUT2D eigenvalue weighted by Gasteiger charge is -2.06. The Morgan fingerprint density at radius 2 is 2.10 bits per heavy atom. The normalized spacial score (nSPS) is 10.9. The van der Waals surface area contributed by atoms with Crippen molar-refractivity contribution in [3.63, 3.8) is 0 Å². The Bertz CT molecular complexity index is 704. The van der Waals surface area contributed by atoms with E-state index in [0.29, 0.717) is 6.42 Å². The largest absolute Gasteiger partial charge is 0.369 e. The fourth-order valence-electron chi connectivity index (χ4n) is 2.02. The number of hydrogen-bond acceptors (Lipinski definition) is 4. The van der Waals surface area contributed by atoms with Crippen molar-refractivity contribution in [2.24, 2.45) is 0 Å². The summed E-state index contributed by atoms with van der Waals surface area (Å²) in [6.07, 6.45) is 2.44. The number of benzene rings is 1. The van der Waals surface area contributed by atoms with Gasteiger partial charge in [0.2, 0.25) is 0 Å². The van der Waals surface area contributed by atoms with Crippen molar-refractivity contribution in [3.05, 3.63) is 45.7 Å². The van der Waals surface area contributed by atoms with Crippen LogP contribution in [0.4, 0.5) is 5.82 Å². The smallest absolute Gasteiger partial charge is 0.143 e. The summed E-state index contributed by atoms with van der Waals surface area (Å²) in [6, 6.07) is 7.99. The second-order valence-corrected chi connectivity index (χ2v) is 5.55. The molecule has 20 heavy (non-hydrogen) atoms. The van der Waals surface area contributed by atoms with Crippen molar-refractivity contribution >= 4 is 39.4 Å². The predicted molar refractivity (Wildman–Crippen MR) is 87.8 cm³/mol. The minimum absolute atomic E-state index is 0.601. The van der Waals surface area contributed by atoms with Gasteiger partial charge in [0, 0.05) is 12.7 Å². The molecule has 0 saturated heterocycles. The lowest BCUT2D eigenvalue weighted by molar-refractivity contribution is 0.911. The zero-order valence-electron chi connectivity index (χ0n) is 11.0. The average Bonchev–Trinajstić information content (AvgIpc) is 2.85. The number of halogens is 1. The Hall–Kier alpha value is -1.70. The molecule has 102 valence electrons. The van der Waals surface area contributed by atoms with Gasteiger partial charge in [-0.25, -0.2) is 15.0 Å². The molecular weight excluding hydrogens is 365 g/mol. The highest BCUT2D eigenvalue weighted by Crippen LogP contribution is 2.16. The molecule has 0 unspecified atom stereocenters. The topological polar surface area (TPSA) is 66.5 Å². The third-order valence-electron chi connectivity index (χ3n) is 2.90. The molecule has 0 bridgehead atoms. The van der Waals surface area contributed by atoms with Crippen LogP contribution in [0.2, 0.25) is 0 Å². The molecule has 0 spiro atoms. The van der Waals surface area contributed by atoms with Crippen LogP contribution in [-0.4, -0.2) is 26.5 Å². The first-order valence-corrected chi connectivity index (χ1v) is 7.53. The first-order chi connectivity index (χ1) is 9.76. The van der Waals surface area contributed by atoms with E-state index in [1.165, 1.54) is 0 Å². The predicted octanol–water partition coefficient (Wildman–Crippen LogP) is 2.98. The maximum absolute atomic E-state index is 4.55. The molecule has 1 aromatic carbocycles. The minimum atomic E-state index is 0.601. The summed E-state index contributed by atoms with van der Waals surface area (Å²) in [7, 11) is 0. The fraction of sp³-hybridized carbons (Fsp3) is 0.214. The number of anilines is 1. The summed E-state index contributed by atoms with van der Waals surface area (Å²) < 4.78 is 1.03. The number of nitrogens with one attached hydrogen (secondary N) is 2. The van der Waals surface area contributed by atoms with Gasteiger partial charge in [-0.1, -0.05) is 12.1 Å². The SMILES string of the molecule is CCNc1nc(Cc2nc3ccccc3[nH]2)ncc1I. The second-order valence-electron chi connectivity index (χ2n) is 4.39. The molecule has 0 amide bonds. The molecule has 0 radical (unpaired) electrons. The molecule has 2 heterocycles. The van der Waals surface area contributed by atoms with Gasteiger partial charge in [0.25, 0.3) is 0 Å². The van der Waals surface area contributed by atoms with Gasteiger partial charge in [-0.2, -0.15) is 0 Å². The van der Waals surface area contributed by atoms with E-state index in [4.69, 9.17) is 0 Å². The number of nitrogens with zero attached hydrogens (tertiary/aromatic N) is 3. The summed E-state index contributed by atoms with van der Waals surface area (Å²) in [5.41, 5.74) is 2.01.